The molecule has 74 valence electrons. The van der Waals surface area contributed by atoms with Crippen LogP contribution in [0.1, 0.15) is 11.1 Å². The van der Waals surface area contributed by atoms with Gasteiger partial charge < -0.3 is 0 Å². The lowest BCUT2D eigenvalue weighted by molar-refractivity contribution is 0.685. The first-order valence-electron chi connectivity index (χ1n) is 4.45. The van der Waals surface area contributed by atoms with Crippen molar-refractivity contribution in [2.45, 2.75) is 6.54 Å². The summed E-state index contributed by atoms with van der Waals surface area (Å²) in [7, 11) is 0. The number of halogens is 1. The average Bonchev–Trinajstić information content (AvgIpc) is 2.74. The van der Waals surface area contributed by atoms with Crippen LogP contribution in [0.25, 0.3) is 0 Å². The van der Waals surface area contributed by atoms with Crippen LogP contribution in [-0.4, -0.2) is 9.78 Å². The molecule has 0 aliphatic carbocycles. The van der Waals surface area contributed by atoms with Gasteiger partial charge >= 0.3 is 0 Å². The molecule has 1 aromatic heterocycles. The third-order valence-electron chi connectivity index (χ3n) is 2.07. The fraction of sp³-hybridized carbons (Fsp3) is 0.0909. The fourth-order valence-electron chi connectivity index (χ4n) is 1.31. The Morgan fingerprint density at radius 2 is 2.33 bits per heavy atom. The number of nitrogens with zero attached hydrogens (tertiary/aromatic N) is 3. The van der Waals surface area contributed by atoms with Crippen molar-refractivity contribution in [1.29, 1.82) is 5.26 Å². The summed E-state index contributed by atoms with van der Waals surface area (Å²) in [6, 6.07) is 9.55. The number of benzene rings is 1. The van der Waals surface area contributed by atoms with Crippen LogP contribution in [0.15, 0.2) is 41.1 Å². The standard InChI is InChI=1S/C11H8BrN3/c12-11-6-9(7-13)2-3-10(11)8-15-5-1-4-14-15/h1-6H,8H2. The highest BCUT2D eigenvalue weighted by Gasteiger charge is 2.02. The quantitative estimate of drug-likeness (QED) is 0.834. The number of hydrogen-bond donors (Lipinski definition) is 0. The first-order chi connectivity index (χ1) is 7.29. The van der Waals surface area contributed by atoms with E-state index in [0.29, 0.717) is 12.1 Å². The Morgan fingerprint density at radius 1 is 1.47 bits per heavy atom. The van der Waals surface area contributed by atoms with E-state index in [0.717, 1.165) is 10.0 Å². The van der Waals surface area contributed by atoms with Gasteiger partial charge in [0.2, 0.25) is 0 Å². The molecule has 1 heterocycles. The van der Waals surface area contributed by atoms with E-state index >= 15 is 0 Å². The number of aromatic nitrogens is 2. The van der Waals surface area contributed by atoms with Crippen molar-refractivity contribution in [3.05, 3.63) is 52.3 Å². The van der Waals surface area contributed by atoms with Gasteiger partial charge in [-0.2, -0.15) is 10.4 Å². The normalized spacial score (nSPS) is 9.87. The van der Waals surface area contributed by atoms with Crippen LogP contribution in [0.4, 0.5) is 0 Å². The number of hydrogen-bond acceptors (Lipinski definition) is 2. The monoisotopic (exact) mass is 261 g/mol. The minimum Gasteiger partial charge on any atom is -0.268 e. The molecule has 3 nitrogen and oxygen atoms in total. The van der Waals surface area contributed by atoms with Gasteiger partial charge in [-0.1, -0.05) is 22.0 Å². The van der Waals surface area contributed by atoms with E-state index < -0.39 is 0 Å². The van der Waals surface area contributed by atoms with E-state index in [9.17, 15) is 0 Å². The molecule has 0 radical (unpaired) electrons. The van der Waals surface area contributed by atoms with Gasteiger partial charge in [0.1, 0.15) is 0 Å². The molecular formula is C11H8BrN3. The highest BCUT2D eigenvalue weighted by Crippen LogP contribution is 2.19. The van der Waals surface area contributed by atoms with Gasteiger partial charge in [0, 0.05) is 16.9 Å². The Morgan fingerprint density at radius 3 is 2.93 bits per heavy atom. The molecule has 4 heteroatoms. The third kappa shape index (κ3) is 2.25. The van der Waals surface area contributed by atoms with E-state index in [2.05, 4.69) is 27.1 Å². The summed E-state index contributed by atoms with van der Waals surface area (Å²) in [5, 5.41) is 12.8. The summed E-state index contributed by atoms with van der Waals surface area (Å²) < 4.78 is 2.78. The van der Waals surface area contributed by atoms with Gasteiger partial charge in [-0.3, -0.25) is 4.68 Å². The maximum atomic E-state index is 8.72. The van der Waals surface area contributed by atoms with Crippen LogP contribution in [0.5, 0.6) is 0 Å². The van der Waals surface area contributed by atoms with E-state index in [1.807, 2.05) is 35.1 Å². The molecule has 0 N–H and O–H groups in total. The molecule has 0 atom stereocenters. The highest BCUT2D eigenvalue weighted by atomic mass is 79.9. The fourth-order valence-corrected chi connectivity index (χ4v) is 1.82. The summed E-state index contributed by atoms with van der Waals surface area (Å²) in [6.07, 6.45) is 3.65. The summed E-state index contributed by atoms with van der Waals surface area (Å²) in [5.74, 6) is 0. The molecule has 2 rings (SSSR count). The Bertz CT molecular complexity index is 497. The molecular weight excluding hydrogens is 254 g/mol. The Kier molecular flexibility index (Phi) is 2.84. The molecule has 15 heavy (non-hydrogen) atoms. The zero-order valence-electron chi connectivity index (χ0n) is 7.89. The van der Waals surface area contributed by atoms with Gasteiger partial charge in [-0.05, 0) is 23.8 Å². The topological polar surface area (TPSA) is 41.6 Å². The predicted octanol–water partition coefficient (Wildman–Crippen LogP) is 2.57. The van der Waals surface area contributed by atoms with Crippen LogP contribution < -0.4 is 0 Å². The third-order valence-corrected chi connectivity index (χ3v) is 2.81. The lowest BCUT2D eigenvalue weighted by Crippen LogP contribution is -2.00. The molecule has 0 unspecified atom stereocenters. The minimum atomic E-state index is 0.658. The van der Waals surface area contributed by atoms with Crippen molar-refractivity contribution >= 4 is 15.9 Å². The van der Waals surface area contributed by atoms with E-state index in [1.165, 1.54) is 0 Å². The largest absolute Gasteiger partial charge is 0.268 e. The number of rotatable bonds is 2. The van der Waals surface area contributed by atoms with Crippen LogP contribution in [-0.2, 0) is 6.54 Å². The SMILES string of the molecule is N#Cc1ccc(Cn2cccn2)c(Br)c1. The molecule has 0 fully saturated rings. The summed E-state index contributed by atoms with van der Waals surface area (Å²) >= 11 is 3.44. The first kappa shape index (κ1) is 9.94. The van der Waals surface area contributed by atoms with Crippen molar-refractivity contribution < 1.29 is 0 Å². The lowest BCUT2D eigenvalue weighted by atomic mass is 10.1. The summed E-state index contributed by atoms with van der Waals surface area (Å²) in [5.41, 5.74) is 1.77. The van der Waals surface area contributed by atoms with Gasteiger partial charge in [-0.15, -0.1) is 0 Å². The molecule has 0 saturated carbocycles. The first-order valence-corrected chi connectivity index (χ1v) is 5.25. The Hall–Kier alpha value is -1.60. The zero-order valence-corrected chi connectivity index (χ0v) is 9.48. The van der Waals surface area contributed by atoms with Crippen molar-refractivity contribution in [2.24, 2.45) is 0 Å². The minimum absolute atomic E-state index is 0.658. The van der Waals surface area contributed by atoms with Crippen LogP contribution >= 0.6 is 15.9 Å². The van der Waals surface area contributed by atoms with E-state index in [4.69, 9.17) is 5.26 Å². The van der Waals surface area contributed by atoms with Crippen molar-refractivity contribution in [1.82, 2.24) is 9.78 Å². The van der Waals surface area contributed by atoms with Crippen LogP contribution in [0, 0.1) is 11.3 Å². The van der Waals surface area contributed by atoms with Crippen LogP contribution in [0.3, 0.4) is 0 Å². The summed E-state index contributed by atoms with van der Waals surface area (Å²) in [4.78, 5) is 0. The van der Waals surface area contributed by atoms with Gasteiger partial charge in [0.25, 0.3) is 0 Å². The van der Waals surface area contributed by atoms with Crippen molar-refractivity contribution in [2.75, 3.05) is 0 Å². The smallest absolute Gasteiger partial charge is 0.0992 e. The molecule has 0 saturated heterocycles. The molecule has 2 aromatic rings. The second-order valence-electron chi connectivity index (χ2n) is 3.12. The Labute approximate surface area is 96.1 Å². The molecule has 0 aliphatic heterocycles. The maximum absolute atomic E-state index is 8.72. The molecule has 0 spiro atoms. The molecule has 0 amide bonds. The molecule has 0 bridgehead atoms. The predicted molar refractivity (Wildman–Crippen MR) is 60.2 cm³/mol. The average molecular weight is 262 g/mol. The van der Waals surface area contributed by atoms with E-state index in [1.54, 1.807) is 6.20 Å². The highest BCUT2D eigenvalue weighted by molar-refractivity contribution is 9.10. The summed E-state index contributed by atoms with van der Waals surface area (Å²) in [6.45, 7) is 0.708. The molecule has 1 aromatic carbocycles. The van der Waals surface area contributed by atoms with Crippen LogP contribution in [0.2, 0.25) is 0 Å². The molecule has 0 aliphatic rings. The van der Waals surface area contributed by atoms with Crippen molar-refractivity contribution in [3.63, 3.8) is 0 Å². The second kappa shape index (κ2) is 4.28. The zero-order chi connectivity index (χ0) is 10.7. The van der Waals surface area contributed by atoms with E-state index in [-0.39, 0.29) is 0 Å². The van der Waals surface area contributed by atoms with Gasteiger partial charge in [0.15, 0.2) is 0 Å². The lowest BCUT2D eigenvalue weighted by Gasteiger charge is -2.04. The number of nitriles is 1. The van der Waals surface area contributed by atoms with Crippen molar-refractivity contribution in [3.8, 4) is 6.07 Å². The van der Waals surface area contributed by atoms with Gasteiger partial charge in [-0.25, -0.2) is 0 Å². The second-order valence-corrected chi connectivity index (χ2v) is 3.98. The maximum Gasteiger partial charge on any atom is 0.0992 e. The van der Waals surface area contributed by atoms with Gasteiger partial charge in [0.05, 0.1) is 18.2 Å². The Balaban J connectivity index is 2.27.